The average molecular weight is 335 g/mol. The Balaban J connectivity index is 2.15. The molecule has 0 atom stereocenters. The molecule has 0 spiro atoms. The summed E-state index contributed by atoms with van der Waals surface area (Å²) in [5.41, 5.74) is 2.76. The first-order chi connectivity index (χ1) is 10.9. The topological polar surface area (TPSA) is 66.9 Å². The smallest absolute Gasteiger partial charge is 0.270 e. The highest BCUT2D eigenvalue weighted by molar-refractivity contribution is 6.30. The third kappa shape index (κ3) is 3.84. The highest BCUT2D eigenvalue weighted by atomic mass is 35.5. The summed E-state index contributed by atoms with van der Waals surface area (Å²) in [4.78, 5) is 20.4. The molecule has 0 aliphatic carbocycles. The van der Waals surface area contributed by atoms with Gasteiger partial charge in [0, 0.05) is 19.2 Å². The van der Waals surface area contributed by atoms with E-state index in [1.807, 2.05) is 0 Å². The first kappa shape index (κ1) is 16.9. The number of halogens is 2. The second kappa shape index (κ2) is 7.19. The van der Waals surface area contributed by atoms with E-state index >= 15 is 0 Å². The average Bonchev–Trinajstić information content (AvgIpc) is 2.55. The lowest BCUT2D eigenvalue weighted by Crippen LogP contribution is -2.25. The molecule has 0 radical (unpaired) electrons. The molecule has 0 aliphatic rings. The van der Waals surface area contributed by atoms with E-state index in [0.717, 1.165) is 0 Å². The first-order valence-corrected chi connectivity index (χ1v) is 7.22. The van der Waals surface area contributed by atoms with Gasteiger partial charge in [0.25, 0.3) is 5.91 Å². The van der Waals surface area contributed by atoms with Crippen LogP contribution >= 0.6 is 11.6 Å². The second-order valence-corrected chi connectivity index (χ2v) is 5.26. The lowest BCUT2D eigenvalue weighted by atomic mass is 10.1. The Bertz CT molecular complexity index is 764. The van der Waals surface area contributed by atoms with Gasteiger partial charge >= 0.3 is 0 Å². The van der Waals surface area contributed by atoms with Gasteiger partial charge in [-0.2, -0.15) is 0 Å². The molecule has 1 amide bonds. The number of carbonyl (C=O) groups excluding carboxylic acids is 1. The summed E-state index contributed by atoms with van der Waals surface area (Å²) >= 11 is 5.72. The minimum atomic E-state index is -0.497. The van der Waals surface area contributed by atoms with E-state index in [9.17, 15) is 9.18 Å². The van der Waals surface area contributed by atoms with Crippen LogP contribution in [0.25, 0.3) is 5.70 Å². The lowest BCUT2D eigenvalue weighted by Gasteiger charge is -2.11. The molecule has 0 fully saturated rings. The van der Waals surface area contributed by atoms with Gasteiger partial charge < -0.3 is 10.6 Å². The number of hydrogen-bond acceptors (Lipinski definition) is 4. The van der Waals surface area contributed by atoms with Crippen LogP contribution in [0.1, 0.15) is 27.3 Å². The zero-order chi connectivity index (χ0) is 17.0. The summed E-state index contributed by atoms with van der Waals surface area (Å²) < 4.78 is 13.1. The van der Waals surface area contributed by atoms with Gasteiger partial charge in [0.05, 0.1) is 16.4 Å². The molecule has 0 aliphatic heterocycles. The van der Waals surface area contributed by atoms with Crippen LogP contribution in [0.15, 0.2) is 31.1 Å². The van der Waals surface area contributed by atoms with Crippen molar-refractivity contribution < 1.29 is 9.18 Å². The third-order valence-corrected chi connectivity index (χ3v) is 3.61. The van der Waals surface area contributed by atoms with Crippen molar-refractivity contribution in [1.29, 1.82) is 0 Å². The van der Waals surface area contributed by atoms with Crippen LogP contribution in [0, 0.1) is 12.7 Å². The van der Waals surface area contributed by atoms with Crippen molar-refractivity contribution in [3.05, 3.63) is 64.5 Å². The van der Waals surface area contributed by atoms with E-state index in [1.54, 1.807) is 20.0 Å². The maximum absolute atomic E-state index is 13.1. The number of amides is 1. The fourth-order valence-corrected chi connectivity index (χ4v) is 2.22. The molecule has 120 valence electrons. The van der Waals surface area contributed by atoms with Crippen molar-refractivity contribution in [3.8, 4) is 0 Å². The van der Waals surface area contributed by atoms with Gasteiger partial charge in [-0.3, -0.25) is 4.79 Å². The quantitative estimate of drug-likeness (QED) is 0.882. The first-order valence-electron chi connectivity index (χ1n) is 6.84. The normalized spacial score (nSPS) is 10.3. The number of rotatable bonds is 5. The largest absolute Gasteiger partial charge is 0.387 e. The summed E-state index contributed by atoms with van der Waals surface area (Å²) in [6, 6.07) is 4.29. The maximum atomic E-state index is 13.1. The monoisotopic (exact) mass is 334 g/mol. The van der Waals surface area contributed by atoms with E-state index in [2.05, 4.69) is 27.2 Å². The second-order valence-electron chi connectivity index (χ2n) is 4.86. The van der Waals surface area contributed by atoms with Crippen molar-refractivity contribution in [1.82, 2.24) is 20.6 Å². The van der Waals surface area contributed by atoms with E-state index in [1.165, 1.54) is 18.5 Å². The molecule has 0 unspecified atom stereocenters. The predicted molar refractivity (Wildman–Crippen MR) is 87.4 cm³/mol. The Labute approximate surface area is 138 Å². The van der Waals surface area contributed by atoms with Crippen molar-refractivity contribution in [2.75, 3.05) is 7.05 Å². The zero-order valence-corrected chi connectivity index (χ0v) is 13.5. The highest BCUT2D eigenvalue weighted by Crippen LogP contribution is 2.17. The van der Waals surface area contributed by atoms with Crippen molar-refractivity contribution in [2.24, 2.45) is 0 Å². The molecule has 2 N–H and O–H groups in total. The third-order valence-electron chi connectivity index (χ3n) is 3.32. The van der Waals surface area contributed by atoms with Gasteiger partial charge in [-0.1, -0.05) is 24.2 Å². The summed E-state index contributed by atoms with van der Waals surface area (Å²) in [5, 5.41) is 5.63. The SMILES string of the molecule is C=C(NC)c1ncnc(C(=O)NCc2ccc(F)c(Cl)c2)c1C. The van der Waals surface area contributed by atoms with Crippen LogP contribution in [0.4, 0.5) is 4.39 Å². The standard InChI is InChI=1S/C16H16ClFN4O/c1-9-14(10(2)19-3)21-8-22-15(9)16(23)20-7-11-4-5-13(18)12(17)6-11/h4-6,8,19H,2,7H2,1,3H3,(H,20,23). The van der Waals surface area contributed by atoms with Gasteiger partial charge in [0.15, 0.2) is 0 Å². The van der Waals surface area contributed by atoms with E-state index in [-0.39, 0.29) is 23.2 Å². The number of nitrogens with one attached hydrogen (secondary N) is 2. The molecule has 2 rings (SSSR count). The molecule has 0 saturated carbocycles. The van der Waals surface area contributed by atoms with Gasteiger partial charge in [0.2, 0.25) is 0 Å². The minimum Gasteiger partial charge on any atom is -0.387 e. The molecule has 1 aromatic carbocycles. The Hall–Kier alpha value is -2.47. The molecule has 2 aromatic rings. The van der Waals surface area contributed by atoms with Crippen LogP contribution in [0.3, 0.4) is 0 Å². The minimum absolute atomic E-state index is 0.0163. The highest BCUT2D eigenvalue weighted by Gasteiger charge is 2.15. The molecule has 7 heteroatoms. The molecule has 5 nitrogen and oxygen atoms in total. The number of nitrogens with zero attached hydrogens (tertiary/aromatic N) is 2. The molecule has 0 saturated heterocycles. The maximum Gasteiger partial charge on any atom is 0.270 e. The van der Waals surface area contributed by atoms with Crippen LogP contribution in [-0.2, 0) is 6.54 Å². The molecular weight excluding hydrogens is 319 g/mol. The fraction of sp³-hybridized carbons (Fsp3) is 0.188. The van der Waals surface area contributed by atoms with Crippen molar-refractivity contribution in [3.63, 3.8) is 0 Å². The molecule has 1 aromatic heterocycles. The van der Waals surface area contributed by atoms with E-state index in [4.69, 9.17) is 11.6 Å². The fourth-order valence-electron chi connectivity index (χ4n) is 2.02. The Morgan fingerprint density at radius 3 is 2.70 bits per heavy atom. The number of carbonyl (C=O) groups is 1. The van der Waals surface area contributed by atoms with Crippen molar-refractivity contribution >= 4 is 23.2 Å². The Morgan fingerprint density at radius 2 is 2.04 bits per heavy atom. The molecule has 0 bridgehead atoms. The number of benzene rings is 1. The van der Waals surface area contributed by atoms with Gasteiger partial charge in [-0.05, 0) is 24.6 Å². The summed E-state index contributed by atoms with van der Waals surface area (Å²) in [6.07, 6.45) is 1.31. The van der Waals surface area contributed by atoms with Crippen LogP contribution in [-0.4, -0.2) is 22.9 Å². The van der Waals surface area contributed by atoms with Crippen LogP contribution < -0.4 is 10.6 Å². The molecule has 23 heavy (non-hydrogen) atoms. The number of hydrogen-bond donors (Lipinski definition) is 2. The van der Waals surface area contributed by atoms with Crippen molar-refractivity contribution in [2.45, 2.75) is 13.5 Å². The van der Waals surface area contributed by atoms with E-state index in [0.29, 0.717) is 22.5 Å². The lowest BCUT2D eigenvalue weighted by molar-refractivity contribution is 0.0945. The van der Waals surface area contributed by atoms with Gasteiger partial charge in [-0.15, -0.1) is 0 Å². The van der Waals surface area contributed by atoms with E-state index < -0.39 is 5.82 Å². The Morgan fingerprint density at radius 1 is 1.35 bits per heavy atom. The van der Waals surface area contributed by atoms with Crippen LogP contribution in [0.5, 0.6) is 0 Å². The summed E-state index contributed by atoms with van der Waals surface area (Å²) in [6.45, 7) is 5.80. The zero-order valence-electron chi connectivity index (χ0n) is 12.8. The number of aromatic nitrogens is 2. The Kier molecular flexibility index (Phi) is 5.28. The summed E-state index contributed by atoms with van der Waals surface area (Å²) in [7, 11) is 1.72. The molecule has 1 heterocycles. The van der Waals surface area contributed by atoms with Crippen LogP contribution in [0.2, 0.25) is 5.02 Å². The predicted octanol–water partition coefficient (Wildman–Crippen LogP) is 2.70. The van der Waals surface area contributed by atoms with Gasteiger partial charge in [0.1, 0.15) is 17.8 Å². The molecular formula is C16H16ClFN4O. The van der Waals surface area contributed by atoms with Gasteiger partial charge in [-0.25, -0.2) is 14.4 Å². The summed E-state index contributed by atoms with van der Waals surface area (Å²) in [5.74, 6) is -0.848.